The molecule has 0 aromatic heterocycles. The summed E-state index contributed by atoms with van der Waals surface area (Å²) in [6.07, 6.45) is 0.446. The summed E-state index contributed by atoms with van der Waals surface area (Å²) in [6, 6.07) is 17.3. The number of amides is 2. The normalized spacial score (nSPS) is 15.7. The van der Waals surface area contributed by atoms with Gasteiger partial charge in [0.1, 0.15) is 5.75 Å². The molecule has 2 aromatic rings. The molecule has 0 saturated carbocycles. The van der Waals surface area contributed by atoms with Crippen LogP contribution in [0.15, 0.2) is 54.6 Å². The van der Waals surface area contributed by atoms with Crippen molar-refractivity contribution in [2.75, 3.05) is 24.5 Å². The van der Waals surface area contributed by atoms with Gasteiger partial charge in [-0.15, -0.1) is 0 Å². The fourth-order valence-electron chi connectivity index (χ4n) is 3.33. The van der Waals surface area contributed by atoms with E-state index in [-0.39, 0.29) is 18.2 Å². The molecule has 28 heavy (non-hydrogen) atoms. The maximum Gasteiger partial charge on any atom is 0.267 e. The molecule has 1 aliphatic heterocycles. The van der Waals surface area contributed by atoms with Crippen LogP contribution in [0, 0.1) is 0 Å². The van der Waals surface area contributed by atoms with Crippen LogP contribution in [-0.2, 0) is 16.1 Å². The van der Waals surface area contributed by atoms with Gasteiger partial charge < -0.3 is 20.3 Å². The van der Waals surface area contributed by atoms with Crippen molar-refractivity contribution < 1.29 is 14.3 Å². The highest BCUT2D eigenvalue weighted by Gasteiger charge is 2.31. The topological polar surface area (TPSA) is 75.9 Å². The molecule has 0 saturated heterocycles. The molecule has 0 bridgehead atoms. The fraction of sp³-hybridized carbons (Fsp3) is 0.364. The number of carbonyl (C=O) groups is 2. The largest absolute Gasteiger partial charge is 0.479 e. The van der Waals surface area contributed by atoms with Crippen molar-refractivity contribution in [3.63, 3.8) is 0 Å². The Labute approximate surface area is 165 Å². The van der Waals surface area contributed by atoms with Crippen LogP contribution >= 0.6 is 0 Å². The van der Waals surface area contributed by atoms with Crippen LogP contribution < -0.4 is 15.4 Å². The van der Waals surface area contributed by atoms with Gasteiger partial charge in [-0.1, -0.05) is 42.5 Å². The molecule has 3 rings (SSSR count). The molecule has 6 heteroatoms. The highest BCUT2D eigenvalue weighted by molar-refractivity contribution is 6.00. The van der Waals surface area contributed by atoms with Gasteiger partial charge >= 0.3 is 0 Å². The lowest BCUT2D eigenvalue weighted by Gasteiger charge is -2.33. The van der Waals surface area contributed by atoms with Crippen LogP contribution in [0.4, 0.5) is 5.69 Å². The molecule has 1 unspecified atom stereocenters. The number of ether oxygens (including phenoxy) is 1. The van der Waals surface area contributed by atoms with Crippen molar-refractivity contribution in [2.24, 2.45) is 5.73 Å². The number of para-hydroxylation sites is 2. The number of nitrogens with zero attached hydrogens (tertiary/aromatic N) is 2. The van der Waals surface area contributed by atoms with Crippen molar-refractivity contribution in [3.8, 4) is 5.75 Å². The molecule has 6 nitrogen and oxygen atoms in total. The minimum Gasteiger partial charge on any atom is -0.479 e. The number of fused-ring (bicyclic) bond motifs is 1. The summed E-state index contributed by atoms with van der Waals surface area (Å²) in [7, 11) is 0. The molecule has 2 amide bonds. The molecular formula is C22H27N3O3. The Balaban J connectivity index is 1.69. The van der Waals surface area contributed by atoms with Crippen molar-refractivity contribution >= 4 is 17.5 Å². The quantitative estimate of drug-likeness (QED) is 0.763. The van der Waals surface area contributed by atoms with Gasteiger partial charge in [0.2, 0.25) is 5.91 Å². The van der Waals surface area contributed by atoms with Crippen LogP contribution in [0.5, 0.6) is 5.75 Å². The summed E-state index contributed by atoms with van der Waals surface area (Å²) in [4.78, 5) is 29.0. The van der Waals surface area contributed by atoms with E-state index in [0.717, 1.165) is 17.7 Å². The molecular weight excluding hydrogens is 354 g/mol. The molecule has 2 N–H and O–H groups in total. The minimum atomic E-state index is -0.553. The number of hydrogen-bond donors (Lipinski definition) is 1. The molecule has 0 fully saturated rings. The summed E-state index contributed by atoms with van der Waals surface area (Å²) in [5, 5.41) is 0. The molecule has 0 aliphatic carbocycles. The highest BCUT2D eigenvalue weighted by atomic mass is 16.5. The number of benzene rings is 2. The summed E-state index contributed by atoms with van der Waals surface area (Å²) in [5.41, 5.74) is 7.44. The first-order valence-corrected chi connectivity index (χ1v) is 9.69. The number of rotatable bonds is 8. The third-order valence-electron chi connectivity index (χ3n) is 4.82. The minimum absolute atomic E-state index is 0.0155. The van der Waals surface area contributed by atoms with Crippen molar-refractivity contribution in [1.82, 2.24) is 4.90 Å². The lowest BCUT2D eigenvalue weighted by atomic mass is 10.1. The molecule has 1 atom stereocenters. The zero-order valence-corrected chi connectivity index (χ0v) is 16.2. The lowest BCUT2D eigenvalue weighted by Crippen LogP contribution is -2.46. The predicted octanol–water partition coefficient (Wildman–Crippen LogP) is 2.57. The third kappa shape index (κ3) is 4.70. The number of hydrogen-bond acceptors (Lipinski definition) is 4. The fourth-order valence-corrected chi connectivity index (χ4v) is 3.33. The molecule has 1 aliphatic rings. The Hall–Kier alpha value is -2.86. The van der Waals surface area contributed by atoms with E-state index in [2.05, 4.69) is 0 Å². The lowest BCUT2D eigenvalue weighted by molar-refractivity contribution is -0.131. The van der Waals surface area contributed by atoms with Gasteiger partial charge in [0.05, 0.1) is 5.69 Å². The predicted molar refractivity (Wildman–Crippen MR) is 109 cm³/mol. The van der Waals surface area contributed by atoms with Crippen LogP contribution in [-0.4, -0.2) is 42.5 Å². The highest BCUT2D eigenvalue weighted by Crippen LogP contribution is 2.33. The maximum absolute atomic E-state index is 12.9. The second-order valence-corrected chi connectivity index (χ2v) is 6.91. The first-order valence-electron chi connectivity index (χ1n) is 9.69. The molecule has 0 spiro atoms. The average molecular weight is 381 g/mol. The van der Waals surface area contributed by atoms with Gasteiger partial charge in [-0.2, -0.15) is 0 Å². The van der Waals surface area contributed by atoms with Gasteiger partial charge in [-0.05, 0) is 37.6 Å². The molecule has 2 aromatic carbocycles. The smallest absolute Gasteiger partial charge is 0.267 e. The van der Waals surface area contributed by atoms with Crippen LogP contribution in [0.25, 0.3) is 0 Å². The van der Waals surface area contributed by atoms with E-state index in [4.69, 9.17) is 10.5 Å². The number of nitrogens with two attached hydrogens (primary N) is 1. The van der Waals surface area contributed by atoms with Gasteiger partial charge in [0, 0.05) is 26.1 Å². The number of anilines is 1. The SMILES string of the molecule is CC1Oc2ccccc2N(CCC(=O)N(CCCN)Cc2ccccc2)C1=O. The van der Waals surface area contributed by atoms with Gasteiger partial charge in [0.15, 0.2) is 6.10 Å². The van der Waals surface area contributed by atoms with E-state index < -0.39 is 6.10 Å². The Morgan fingerprint density at radius 3 is 2.61 bits per heavy atom. The first kappa shape index (κ1) is 19.9. The van der Waals surface area contributed by atoms with Crippen molar-refractivity contribution in [1.29, 1.82) is 0 Å². The van der Waals surface area contributed by atoms with E-state index >= 15 is 0 Å². The molecule has 148 valence electrons. The average Bonchev–Trinajstić information content (AvgIpc) is 2.72. The zero-order chi connectivity index (χ0) is 19.9. The van der Waals surface area contributed by atoms with Crippen molar-refractivity contribution in [2.45, 2.75) is 32.4 Å². The summed E-state index contributed by atoms with van der Waals surface area (Å²) in [5.74, 6) is 0.566. The van der Waals surface area contributed by atoms with E-state index in [9.17, 15) is 9.59 Å². The van der Waals surface area contributed by atoms with Gasteiger partial charge in [-0.25, -0.2) is 0 Å². The maximum atomic E-state index is 12.9. The number of carbonyl (C=O) groups excluding carboxylic acids is 2. The van der Waals surface area contributed by atoms with Crippen LogP contribution in [0.3, 0.4) is 0 Å². The Kier molecular flexibility index (Phi) is 6.66. The van der Waals surface area contributed by atoms with E-state index in [1.54, 1.807) is 11.8 Å². The Bertz CT molecular complexity index is 810. The van der Waals surface area contributed by atoms with Crippen LogP contribution in [0.1, 0.15) is 25.3 Å². The van der Waals surface area contributed by atoms with Gasteiger partial charge in [0.25, 0.3) is 5.91 Å². The van der Waals surface area contributed by atoms with Crippen molar-refractivity contribution in [3.05, 3.63) is 60.2 Å². The standard InChI is InChI=1S/C22H27N3O3/c1-17-22(27)25(19-10-5-6-11-20(19)28-17)15-12-21(26)24(14-7-13-23)16-18-8-3-2-4-9-18/h2-6,8-11,17H,7,12-16,23H2,1H3. The zero-order valence-electron chi connectivity index (χ0n) is 16.2. The summed E-state index contributed by atoms with van der Waals surface area (Å²) < 4.78 is 5.66. The summed E-state index contributed by atoms with van der Waals surface area (Å²) >= 11 is 0. The second-order valence-electron chi connectivity index (χ2n) is 6.91. The van der Waals surface area contributed by atoms with Gasteiger partial charge in [-0.3, -0.25) is 9.59 Å². The first-order chi connectivity index (χ1) is 13.6. The van der Waals surface area contributed by atoms with E-state index in [1.807, 2.05) is 59.5 Å². The second kappa shape index (κ2) is 9.37. The Morgan fingerprint density at radius 2 is 1.86 bits per heavy atom. The molecule has 1 heterocycles. The van der Waals surface area contributed by atoms with E-state index in [0.29, 0.717) is 31.9 Å². The third-order valence-corrected chi connectivity index (χ3v) is 4.82. The molecule has 0 radical (unpaired) electrons. The van der Waals surface area contributed by atoms with Crippen LogP contribution in [0.2, 0.25) is 0 Å². The summed E-state index contributed by atoms with van der Waals surface area (Å²) in [6.45, 7) is 3.75. The Morgan fingerprint density at radius 1 is 1.14 bits per heavy atom. The monoisotopic (exact) mass is 381 g/mol. The van der Waals surface area contributed by atoms with E-state index in [1.165, 1.54) is 0 Å².